The van der Waals surface area contributed by atoms with Gasteiger partial charge in [0.05, 0.1) is 18.2 Å². The lowest BCUT2D eigenvalue weighted by Crippen LogP contribution is -2.07. The van der Waals surface area contributed by atoms with Crippen LogP contribution in [0.3, 0.4) is 0 Å². The molecule has 3 heterocycles. The number of nitrogens with zero attached hydrogens (tertiary/aromatic N) is 5. The number of nitrogens with two attached hydrogens (primary N) is 1. The van der Waals surface area contributed by atoms with E-state index in [1.54, 1.807) is 18.0 Å². The number of fused-ring (bicyclic) bond motifs is 1. The van der Waals surface area contributed by atoms with Crippen LogP contribution in [0.1, 0.15) is 16.7 Å². The zero-order valence-electron chi connectivity index (χ0n) is 15.4. The van der Waals surface area contributed by atoms with Crippen molar-refractivity contribution in [3.05, 3.63) is 40.4 Å². The van der Waals surface area contributed by atoms with E-state index in [4.69, 9.17) is 10.5 Å². The molecule has 0 aliphatic heterocycles. The van der Waals surface area contributed by atoms with E-state index in [0.29, 0.717) is 22.4 Å². The molecule has 0 spiro atoms. The third-order valence-electron chi connectivity index (χ3n) is 4.76. The van der Waals surface area contributed by atoms with Gasteiger partial charge in [-0.1, -0.05) is 6.07 Å². The van der Waals surface area contributed by atoms with E-state index in [-0.39, 0.29) is 0 Å². The molecular formula is C19H18N6OS. The van der Waals surface area contributed by atoms with E-state index in [9.17, 15) is 5.26 Å². The SMILES string of the molecule is COc1ccc(C)c(-n2c(N)c(C#N)c3c(-c4nccs4)n(C)nc32)c1C. The number of rotatable bonds is 3. The van der Waals surface area contributed by atoms with Crippen LogP contribution in [0.15, 0.2) is 23.7 Å². The van der Waals surface area contributed by atoms with Crippen molar-refractivity contribution in [2.45, 2.75) is 13.8 Å². The summed E-state index contributed by atoms with van der Waals surface area (Å²) in [4.78, 5) is 4.40. The van der Waals surface area contributed by atoms with E-state index in [0.717, 1.165) is 33.3 Å². The highest BCUT2D eigenvalue weighted by Crippen LogP contribution is 2.40. The topological polar surface area (TPSA) is 94.7 Å². The van der Waals surface area contributed by atoms with Crippen LogP contribution >= 0.6 is 11.3 Å². The average molecular weight is 378 g/mol. The highest BCUT2D eigenvalue weighted by atomic mass is 32.1. The molecule has 8 heteroatoms. The Morgan fingerprint density at radius 3 is 2.70 bits per heavy atom. The first-order valence-corrected chi connectivity index (χ1v) is 9.19. The third-order valence-corrected chi connectivity index (χ3v) is 5.54. The Bertz CT molecular complexity index is 1210. The maximum absolute atomic E-state index is 9.83. The molecule has 136 valence electrons. The average Bonchev–Trinajstić information content (AvgIpc) is 3.32. The van der Waals surface area contributed by atoms with Gasteiger partial charge in [0, 0.05) is 24.2 Å². The molecule has 0 amide bonds. The summed E-state index contributed by atoms with van der Waals surface area (Å²) in [5.41, 5.74) is 11.1. The highest BCUT2D eigenvalue weighted by molar-refractivity contribution is 7.13. The Kier molecular flexibility index (Phi) is 3.89. The minimum atomic E-state index is 0.368. The van der Waals surface area contributed by atoms with Crippen LogP contribution in [0.2, 0.25) is 0 Å². The van der Waals surface area contributed by atoms with Gasteiger partial charge in [0.1, 0.15) is 33.9 Å². The van der Waals surface area contributed by atoms with Crippen molar-refractivity contribution in [1.82, 2.24) is 19.3 Å². The zero-order chi connectivity index (χ0) is 19.3. The number of nitriles is 1. The summed E-state index contributed by atoms with van der Waals surface area (Å²) in [5, 5.41) is 17.9. The molecule has 0 radical (unpaired) electrons. The quantitative estimate of drug-likeness (QED) is 0.588. The molecule has 27 heavy (non-hydrogen) atoms. The molecule has 4 aromatic rings. The summed E-state index contributed by atoms with van der Waals surface area (Å²) in [6, 6.07) is 6.16. The van der Waals surface area contributed by atoms with E-state index in [1.165, 1.54) is 11.3 Å². The maximum atomic E-state index is 9.83. The van der Waals surface area contributed by atoms with Crippen molar-refractivity contribution in [3.63, 3.8) is 0 Å². The summed E-state index contributed by atoms with van der Waals surface area (Å²) in [6.45, 7) is 3.98. The molecule has 3 aromatic heterocycles. The fourth-order valence-electron chi connectivity index (χ4n) is 3.56. The van der Waals surface area contributed by atoms with Gasteiger partial charge in [-0.25, -0.2) is 4.98 Å². The molecule has 0 bridgehead atoms. The molecular weight excluding hydrogens is 360 g/mol. The van der Waals surface area contributed by atoms with Crippen LogP contribution in [0.5, 0.6) is 5.75 Å². The summed E-state index contributed by atoms with van der Waals surface area (Å²) < 4.78 is 9.08. The smallest absolute Gasteiger partial charge is 0.170 e. The van der Waals surface area contributed by atoms with Gasteiger partial charge in [0.15, 0.2) is 5.65 Å². The lowest BCUT2D eigenvalue weighted by molar-refractivity contribution is 0.411. The summed E-state index contributed by atoms with van der Waals surface area (Å²) in [7, 11) is 3.49. The number of nitrogen functional groups attached to an aromatic ring is 1. The van der Waals surface area contributed by atoms with Crippen molar-refractivity contribution in [2.24, 2.45) is 7.05 Å². The van der Waals surface area contributed by atoms with Crippen LogP contribution in [0.4, 0.5) is 5.82 Å². The number of benzene rings is 1. The molecule has 2 N–H and O–H groups in total. The Hall–Kier alpha value is -3.31. The van der Waals surface area contributed by atoms with Crippen molar-refractivity contribution in [3.8, 4) is 28.2 Å². The van der Waals surface area contributed by atoms with Crippen LogP contribution in [-0.4, -0.2) is 26.4 Å². The summed E-state index contributed by atoms with van der Waals surface area (Å²) in [6.07, 6.45) is 1.74. The lowest BCUT2D eigenvalue weighted by Gasteiger charge is -2.16. The van der Waals surface area contributed by atoms with E-state index in [1.807, 2.05) is 43.0 Å². The van der Waals surface area contributed by atoms with Gasteiger partial charge in [-0.05, 0) is 25.5 Å². The van der Waals surface area contributed by atoms with Crippen molar-refractivity contribution >= 4 is 28.2 Å². The van der Waals surface area contributed by atoms with Crippen molar-refractivity contribution in [1.29, 1.82) is 5.26 Å². The standard InChI is InChI=1S/C19H18N6OS/c1-10-5-6-13(26-4)11(2)15(10)25-17(21)12(9-20)14-16(19-22-7-8-27-19)24(3)23-18(14)25/h5-8H,21H2,1-4H3. The van der Waals surface area contributed by atoms with Gasteiger partial charge in [-0.15, -0.1) is 11.3 Å². The predicted octanol–water partition coefficient (Wildman–Crippen LogP) is 3.57. The molecule has 7 nitrogen and oxygen atoms in total. The monoisotopic (exact) mass is 378 g/mol. The first-order valence-electron chi connectivity index (χ1n) is 8.31. The first kappa shape index (κ1) is 17.1. The van der Waals surface area contributed by atoms with Crippen molar-refractivity contribution in [2.75, 3.05) is 12.8 Å². The van der Waals surface area contributed by atoms with Crippen LogP contribution in [-0.2, 0) is 7.05 Å². The van der Waals surface area contributed by atoms with E-state index < -0.39 is 0 Å². The normalized spacial score (nSPS) is 11.1. The van der Waals surface area contributed by atoms with Gasteiger partial charge in [-0.3, -0.25) is 9.25 Å². The summed E-state index contributed by atoms with van der Waals surface area (Å²) >= 11 is 1.50. The molecule has 0 fully saturated rings. The maximum Gasteiger partial charge on any atom is 0.170 e. The minimum absolute atomic E-state index is 0.368. The number of methoxy groups -OCH3 is 1. The van der Waals surface area contributed by atoms with Gasteiger partial charge in [0.2, 0.25) is 0 Å². The van der Waals surface area contributed by atoms with E-state index >= 15 is 0 Å². The number of aryl methyl sites for hydroxylation is 2. The Morgan fingerprint density at radius 1 is 1.30 bits per heavy atom. The van der Waals surface area contributed by atoms with Crippen molar-refractivity contribution < 1.29 is 4.74 Å². The minimum Gasteiger partial charge on any atom is -0.496 e. The molecule has 1 aromatic carbocycles. The largest absolute Gasteiger partial charge is 0.496 e. The molecule has 0 aliphatic carbocycles. The van der Waals surface area contributed by atoms with Crippen LogP contribution in [0, 0.1) is 25.2 Å². The number of hydrogen-bond donors (Lipinski definition) is 1. The predicted molar refractivity (Wildman–Crippen MR) is 106 cm³/mol. The van der Waals surface area contributed by atoms with Gasteiger partial charge in [-0.2, -0.15) is 10.4 Å². The Labute approximate surface area is 160 Å². The zero-order valence-corrected chi connectivity index (χ0v) is 16.3. The lowest BCUT2D eigenvalue weighted by atomic mass is 10.1. The number of ether oxygens (including phenoxy) is 1. The van der Waals surface area contributed by atoms with Gasteiger partial charge >= 0.3 is 0 Å². The number of anilines is 1. The first-order chi connectivity index (χ1) is 13.0. The highest BCUT2D eigenvalue weighted by Gasteiger charge is 2.27. The van der Waals surface area contributed by atoms with E-state index in [2.05, 4.69) is 16.2 Å². The molecule has 0 saturated heterocycles. The Morgan fingerprint density at radius 2 is 2.07 bits per heavy atom. The molecule has 0 unspecified atom stereocenters. The summed E-state index contributed by atoms with van der Waals surface area (Å²) in [5.74, 6) is 1.12. The third kappa shape index (κ3) is 2.32. The second kappa shape index (κ2) is 6.14. The molecule has 0 saturated carbocycles. The van der Waals surface area contributed by atoms with Crippen LogP contribution < -0.4 is 10.5 Å². The number of thiazole rings is 1. The molecule has 0 aliphatic rings. The molecule has 0 atom stereocenters. The fourth-order valence-corrected chi connectivity index (χ4v) is 4.28. The second-order valence-corrected chi connectivity index (χ2v) is 7.17. The number of hydrogen-bond acceptors (Lipinski definition) is 6. The number of aromatic nitrogens is 4. The Balaban J connectivity index is 2.16. The van der Waals surface area contributed by atoms with Crippen LogP contribution in [0.25, 0.3) is 27.4 Å². The second-order valence-electron chi connectivity index (χ2n) is 6.27. The molecule has 4 rings (SSSR count). The fraction of sp³-hybridized carbons (Fsp3) is 0.211. The van der Waals surface area contributed by atoms with Gasteiger partial charge < -0.3 is 10.5 Å². The van der Waals surface area contributed by atoms with Gasteiger partial charge in [0.25, 0.3) is 0 Å².